The first-order valence-electron chi connectivity index (χ1n) is 5.71. The summed E-state index contributed by atoms with van der Waals surface area (Å²) in [5.41, 5.74) is 5.56. The summed E-state index contributed by atoms with van der Waals surface area (Å²) in [6.07, 6.45) is 3.23. The van der Waals surface area contributed by atoms with Gasteiger partial charge < -0.3 is 0 Å². The van der Waals surface area contributed by atoms with Gasteiger partial charge in [-0.3, -0.25) is 11.3 Å². The van der Waals surface area contributed by atoms with E-state index < -0.39 is 0 Å². The third-order valence-electron chi connectivity index (χ3n) is 2.53. The van der Waals surface area contributed by atoms with Crippen LogP contribution < -0.4 is 11.3 Å². The van der Waals surface area contributed by atoms with Gasteiger partial charge in [-0.15, -0.1) is 0 Å². The van der Waals surface area contributed by atoms with Gasteiger partial charge in [0.1, 0.15) is 0 Å². The van der Waals surface area contributed by atoms with Crippen molar-refractivity contribution in [2.45, 2.75) is 26.3 Å². The van der Waals surface area contributed by atoms with Crippen LogP contribution in [0.3, 0.4) is 0 Å². The van der Waals surface area contributed by atoms with Crippen molar-refractivity contribution in [1.29, 1.82) is 0 Å². The Balaban J connectivity index is 2.79. The summed E-state index contributed by atoms with van der Waals surface area (Å²) < 4.78 is 0. The molecule has 90 valence electrons. The maximum Gasteiger partial charge on any atom is 0.0550 e. The van der Waals surface area contributed by atoms with Gasteiger partial charge in [-0.2, -0.15) is 11.8 Å². The quantitative estimate of drug-likeness (QED) is 0.591. The van der Waals surface area contributed by atoms with E-state index in [1.54, 1.807) is 11.8 Å². The van der Waals surface area contributed by atoms with Crippen LogP contribution in [0.5, 0.6) is 0 Å². The Morgan fingerprint density at radius 2 is 2.12 bits per heavy atom. The number of hydrogen-bond acceptors (Lipinski definition) is 3. The molecule has 0 fully saturated rings. The fraction of sp³-hybridized carbons (Fsp3) is 0.538. The predicted molar refractivity (Wildman–Crippen MR) is 73.4 cm³/mol. The molecule has 1 unspecified atom stereocenters. The smallest absolute Gasteiger partial charge is 0.0550 e. The number of rotatable bonds is 6. The van der Waals surface area contributed by atoms with Crippen molar-refractivity contribution in [1.82, 2.24) is 5.43 Å². The molecule has 1 rings (SSSR count). The van der Waals surface area contributed by atoms with Crippen molar-refractivity contribution in [2.75, 3.05) is 12.0 Å². The van der Waals surface area contributed by atoms with Crippen LogP contribution in [-0.2, 0) is 6.42 Å². The first kappa shape index (κ1) is 13.6. The molecule has 0 aliphatic heterocycles. The van der Waals surface area contributed by atoms with Crippen LogP contribution in [0.2, 0.25) is 0 Å². The van der Waals surface area contributed by atoms with E-state index in [-0.39, 0.29) is 6.04 Å². The molecule has 0 aliphatic rings. The Bertz CT molecular complexity index is 313. The molecule has 16 heavy (non-hydrogen) atoms. The molecule has 0 saturated heterocycles. The molecule has 1 aromatic rings. The van der Waals surface area contributed by atoms with Gasteiger partial charge in [0.05, 0.1) is 6.04 Å². The van der Waals surface area contributed by atoms with Gasteiger partial charge in [-0.05, 0) is 29.7 Å². The fourth-order valence-electron chi connectivity index (χ4n) is 1.82. The lowest BCUT2D eigenvalue weighted by Crippen LogP contribution is -2.29. The van der Waals surface area contributed by atoms with Crippen LogP contribution in [0.4, 0.5) is 0 Å². The normalized spacial score (nSPS) is 13.1. The van der Waals surface area contributed by atoms with E-state index in [2.05, 4.69) is 49.8 Å². The van der Waals surface area contributed by atoms with Crippen LogP contribution in [0.25, 0.3) is 0 Å². The second kappa shape index (κ2) is 6.94. The van der Waals surface area contributed by atoms with Gasteiger partial charge in [0.2, 0.25) is 0 Å². The number of nitrogens with one attached hydrogen (secondary N) is 1. The molecule has 0 bridgehead atoms. The van der Waals surface area contributed by atoms with Crippen LogP contribution in [-0.4, -0.2) is 12.0 Å². The summed E-state index contributed by atoms with van der Waals surface area (Å²) in [7, 11) is 0. The average Bonchev–Trinajstić information content (AvgIpc) is 2.25. The van der Waals surface area contributed by atoms with E-state index in [1.807, 2.05) is 0 Å². The van der Waals surface area contributed by atoms with Crippen molar-refractivity contribution in [2.24, 2.45) is 11.8 Å². The number of hydrogen-bond donors (Lipinski definition) is 2. The lowest BCUT2D eigenvalue weighted by atomic mass is 9.99. The largest absolute Gasteiger partial charge is 0.271 e. The van der Waals surface area contributed by atoms with Crippen molar-refractivity contribution in [3.05, 3.63) is 35.4 Å². The SMILES string of the molecule is CSCC(NN)c1cccc(CC(C)C)c1. The van der Waals surface area contributed by atoms with E-state index in [1.165, 1.54) is 11.1 Å². The molecule has 3 N–H and O–H groups in total. The molecule has 0 saturated carbocycles. The van der Waals surface area contributed by atoms with Gasteiger partial charge in [0.25, 0.3) is 0 Å². The van der Waals surface area contributed by atoms with Gasteiger partial charge in [0, 0.05) is 5.75 Å². The molecule has 3 heteroatoms. The first-order valence-corrected chi connectivity index (χ1v) is 7.10. The minimum absolute atomic E-state index is 0.252. The van der Waals surface area contributed by atoms with E-state index in [0.717, 1.165) is 12.2 Å². The highest BCUT2D eigenvalue weighted by molar-refractivity contribution is 7.98. The highest BCUT2D eigenvalue weighted by Crippen LogP contribution is 2.19. The highest BCUT2D eigenvalue weighted by Gasteiger charge is 2.09. The lowest BCUT2D eigenvalue weighted by molar-refractivity contribution is 0.607. The molecule has 1 atom stereocenters. The summed E-state index contributed by atoms with van der Waals surface area (Å²) in [6.45, 7) is 4.49. The number of thioether (sulfide) groups is 1. The summed E-state index contributed by atoms with van der Waals surface area (Å²) in [4.78, 5) is 0. The Kier molecular flexibility index (Phi) is 5.88. The molecular weight excluding hydrogens is 216 g/mol. The monoisotopic (exact) mass is 238 g/mol. The highest BCUT2D eigenvalue weighted by atomic mass is 32.2. The van der Waals surface area contributed by atoms with Crippen molar-refractivity contribution in [3.8, 4) is 0 Å². The zero-order valence-electron chi connectivity index (χ0n) is 10.4. The molecule has 0 heterocycles. The van der Waals surface area contributed by atoms with Crippen molar-refractivity contribution < 1.29 is 0 Å². The Hall–Kier alpha value is -0.510. The molecule has 0 aromatic heterocycles. The summed E-state index contributed by atoms with van der Waals surface area (Å²) in [5, 5.41) is 0. The summed E-state index contributed by atoms with van der Waals surface area (Å²) in [6, 6.07) is 8.97. The van der Waals surface area contributed by atoms with Gasteiger partial charge >= 0.3 is 0 Å². The van der Waals surface area contributed by atoms with Crippen LogP contribution in [0.15, 0.2) is 24.3 Å². The number of nitrogens with two attached hydrogens (primary N) is 1. The zero-order chi connectivity index (χ0) is 12.0. The zero-order valence-corrected chi connectivity index (χ0v) is 11.2. The van der Waals surface area contributed by atoms with Crippen molar-refractivity contribution in [3.63, 3.8) is 0 Å². The van der Waals surface area contributed by atoms with Crippen LogP contribution in [0, 0.1) is 5.92 Å². The molecule has 0 spiro atoms. The van der Waals surface area contributed by atoms with Gasteiger partial charge in [-0.25, -0.2) is 0 Å². The third kappa shape index (κ3) is 4.16. The van der Waals surface area contributed by atoms with Crippen molar-refractivity contribution >= 4 is 11.8 Å². The minimum atomic E-state index is 0.252. The summed E-state index contributed by atoms with van der Waals surface area (Å²) in [5.74, 6) is 7.28. The van der Waals surface area contributed by atoms with Gasteiger partial charge in [0.15, 0.2) is 0 Å². The third-order valence-corrected chi connectivity index (χ3v) is 3.20. The number of hydrazine groups is 1. The second-order valence-corrected chi connectivity index (χ2v) is 5.43. The van der Waals surface area contributed by atoms with E-state index in [4.69, 9.17) is 5.84 Å². The van der Waals surface area contributed by atoms with E-state index in [9.17, 15) is 0 Å². The number of benzene rings is 1. The average molecular weight is 238 g/mol. The molecule has 1 aromatic carbocycles. The van der Waals surface area contributed by atoms with E-state index >= 15 is 0 Å². The molecule has 0 radical (unpaired) electrons. The molecule has 0 aliphatic carbocycles. The van der Waals surface area contributed by atoms with E-state index in [0.29, 0.717) is 5.92 Å². The first-order chi connectivity index (χ1) is 7.67. The van der Waals surface area contributed by atoms with Crippen LogP contribution in [0.1, 0.15) is 31.0 Å². The maximum absolute atomic E-state index is 5.58. The Morgan fingerprint density at radius 1 is 1.38 bits per heavy atom. The fourth-order valence-corrected chi connectivity index (χ4v) is 2.44. The predicted octanol–water partition coefficient (Wildman–Crippen LogP) is 2.75. The molecular formula is C13H22N2S. The summed E-state index contributed by atoms with van der Waals surface area (Å²) >= 11 is 1.81. The Morgan fingerprint density at radius 3 is 2.69 bits per heavy atom. The standard InChI is InChI=1S/C13H22N2S/c1-10(2)7-11-5-4-6-12(8-11)13(15-14)9-16-3/h4-6,8,10,13,15H,7,9,14H2,1-3H3. The Labute approximate surface area is 103 Å². The maximum atomic E-state index is 5.58. The lowest BCUT2D eigenvalue weighted by Gasteiger charge is -2.16. The molecule has 2 nitrogen and oxygen atoms in total. The van der Waals surface area contributed by atoms with Crippen LogP contribution >= 0.6 is 11.8 Å². The van der Waals surface area contributed by atoms with Gasteiger partial charge in [-0.1, -0.05) is 38.1 Å². The topological polar surface area (TPSA) is 38.0 Å². The molecule has 0 amide bonds. The second-order valence-electron chi connectivity index (χ2n) is 4.52. The minimum Gasteiger partial charge on any atom is -0.271 e.